The second kappa shape index (κ2) is 8.97. The molecule has 5 N–H and O–H groups in total. The van der Waals surface area contributed by atoms with Gasteiger partial charge in [-0.15, -0.1) is 8.78 Å². The number of hydrogen-bond acceptors (Lipinski definition) is 6. The maximum atomic E-state index is 12.9. The molecule has 2 aromatic carbocycles. The normalized spacial score (nSPS) is 18.4. The van der Waals surface area contributed by atoms with E-state index < -0.39 is 17.6 Å². The minimum absolute atomic E-state index is 0.139. The van der Waals surface area contributed by atoms with Crippen LogP contribution in [0.4, 0.5) is 20.2 Å². The number of hydrogen-bond donors (Lipinski definition) is 4. The minimum Gasteiger partial charge on any atom is -0.420 e. The van der Waals surface area contributed by atoms with Gasteiger partial charge in [-0.3, -0.25) is 9.89 Å². The van der Waals surface area contributed by atoms with E-state index in [4.69, 9.17) is 17.3 Å². The largest absolute Gasteiger partial charge is 0.487 e. The van der Waals surface area contributed by atoms with Gasteiger partial charge in [-0.1, -0.05) is 0 Å². The first-order valence-corrected chi connectivity index (χ1v) is 10.5. The van der Waals surface area contributed by atoms with Gasteiger partial charge in [0.2, 0.25) is 0 Å². The minimum atomic E-state index is -3.82. The first-order valence-electron chi connectivity index (χ1n) is 10.1. The summed E-state index contributed by atoms with van der Waals surface area (Å²) in [7, 11) is 0. The summed E-state index contributed by atoms with van der Waals surface area (Å²) in [5.74, 6) is -0.538. The number of β-amino-alcohol motifs (C(OH)–C–C–N with tert-alkyl or cyclic N) is 1. The Hall–Kier alpha value is -3.21. The number of aryl methyl sites for hydroxylation is 1. The van der Waals surface area contributed by atoms with Gasteiger partial charge in [-0.25, -0.2) is 0 Å². The molecule has 11 heteroatoms. The highest BCUT2D eigenvalue weighted by Crippen LogP contribution is 2.33. The van der Waals surface area contributed by atoms with Gasteiger partial charge in [0.15, 0.2) is 0 Å². The Morgan fingerprint density at radius 1 is 1.27 bits per heavy atom. The molecule has 0 spiro atoms. The summed E-state index contributed by atoms with van der Waals surface area (Å²) >= 11 is 4.76. The van der Waals surface area contributed by atoms with Crippen LogP contribution in [-0.4, -0.2) is 52.0 Å². The highest BCUT2D eigenvalue weighted by atomic mass is 35.5. The van der Waals surface area contributed by atoms with Gasteiger partial charge in [0.25, 0.3) is 5.91 Å². The third kappa shape index (κ3) is 5.41. The number of aliphatic hydroxyl groups is 1. The summed E-state index contributed by atoms with van der Waals surface area (Å²) in [6, 6.07) is 12.1. The number of H-pyrrole nitrogens is 1. The monoisotopic (exact) mass is 477 g/mol. The third-order valence-corrected chi connectivity index (χ3v) is 5.34. The number of rotatable bonds is 6. The van der Waals surface area contributed by atoms with Crippen molar-refractivity contribution in [2.45, 2.75) is 24.6 Å². The Morgan fingerprint density at radius 2 is 2.00 bits per heavy atom. The van der Waals surface area contributed by atoms with Crippen LogP contribution in [0.2, 0.25) is 0 Å². The molecule has 0 radical (unpaired) electrons. The van der Waals surface area contributed by atoms with Crippen molar-refractivity contribution < 1.29 is 23.4 Å². The molecule has 4 rings (SSSR count). The Kier molecular flexibility index (Phi) is 6.24. The Morgan fingerprint density at radius 3 is 2.58 bits per heavy atom. The molecule has 1 aromatic heterocycles. The number of benzene rings is 2. The van der Waals surface area contributed by atoms with Gasteiger partial charge in [-0.05, 0) is 55.5 Å². The first kappa shape index (κ1) is 23.0. The lowest BCUT2D eigenvalue weighted by Gasteiger charge is -2.21. The quantitative estimate of drug-likeness (QED) is 0.405. The van der Waals surface area contributed by atoms with Crippen LogP contribution in [0, 0.1) is 6.92 Å². The Bertz CT molecular complexity index is 1140. The molecule has 0 saturated carbocycles. The molecule has 2 unspecified atom stereocenters. The SMILES string of the molecule is Cc1cc(-c2cc(C(=O)Nc3ccc(OC(F)(F)Cl)cc3)ccc2N2CC(N)C(O)C2)n[nH]1. The van der Waals surface area contributed by atoms with Crippen molar-refractivity contribution in [2.75, 3.05) is 23.3 Å². The lowest BCUT2D eigenvalue weighted by Crippen LogP contribution is -2.32. The van der Waals surface area contributed by atoms with Crippen LogP contribution in [0.1, 0.15) is 16.1 Å². The Labute approximate surface area is 193 Å². The lowest BCUT2D eigenvalue weighted by molar-refractivity contribution is -0.0964. The smallest absolute Gasteiger partial charge is 0.420 e. The van der Waals surface area contributed by atoms with E-state index in [1.54, 1.807) is 18.2 Å². The number of ether oxygens (including phenoxy) is 1. The highest BCUT2D eigenvalue weighted by molar-refractivity contribution is 6.20. The third-order valence-electron chi connectivity index (χ3n) is 5.26. The maximum absolute atomic E-state index is 12.9. The molecule has 174 valence electrons. The fourth-order valence-corrected chi connectivity index (χ4v) is 3.76. The molecule has 0 aliphatic carbocycles. The second-order valence-corrected chi connectivity index (χ2v) is 8.27. The number of nitrogens with two attached hydrogens (primary N) is 1. The van der Waals surface area contributed by atoms with Crippen molar-refractivity contribution in [2.24, 2.45) is 5.73 Å². The summed E-state index contributed by atoms with van der Waals surface area (Å²) in [4.78, 5) is 14.8. The molecule has 8 nitrogen and oxygen atoms in total. The number of carbonyl (C=O) groups excluding carboxylic acids is 1. The second-order valence-electron chi connectivity index (χ2n) is 7.83. The predicted molar refractivity (Wildman–Crippen MR) is 121 cm³/mol. The molecule has 2 heterocycles. The molecule has 0 bridgehead atoms. The highest BCUT2D eigenvalue weighted by Gasteiger charge is 2.30. The summed E-state index contributed by atoms with van der Waals surface area (Å²) < 4.78 is 29.8. The molecule has 1 aliphatic rings. The van der Waals surface area contributed by atoms with Gasteiger partial charge in [0.1, 0.15) is 5.75 Å². The zero-order chi connectivity index (χ0) is 23.8. The number of aromatic nitrogens is 2. The van der Waals surface area contributed by atoms with Crippen LogP contribution in [0.3, 0.4) is 0 Å². The van der Waals surface area contributed by atoms with E-state index in [0.717, 1.165) is 11.4 Å². The Balaban J connectivity index is 1.58. The van der Waals surface area contributed by atoms with Crippen molar-refractivity contribution in [3.8, 4) is 17.0 Å². The number of halogens is 3. The summed E-state index contributed by atoms with van der Waals surface area (Å²) in [5, 5.41) is 20.0. The van der Waals surface area contributed by atoms with E-state index in [9.17, 15) is 18.7 Å². The van der Waals surface area contributed by atoms with E-state index in [2.05, 4.69) is 20.3 Å². The van der Waals surface area contributed by atoms with Gasteiger partial charge in [0, 0.05) is 58.9 Å². The lowest BCUT2D eigenvalue weighted by atomic mass is 10.0. The number of nitrogens with one attached hydrogen (secondary N) is 2. The number of anilines is 2. The number of nitrogens with zero attached hydrogens (tertiary/aromatic N) is 2. The molecule has 1 amide bonds. The summed E-state index contributed by atoms with van der Waals surface area (Å²) in [6.07, 6.45) is -0.646. The topological polar surface area (TPSA) is 116 Å². The molecule has 2 atom stereocenters. The van der Waals surface area contributed by atoms with E-state index in [1.165, 1.54) is 24.3 Å². The first-order chi connectivity index (χ1) is 15.6. The van der Waals surface area contributed by atoms with E-state index in [0.29, 0.717) is 35.6 Å². The van der Waals surface area contributed by atoms with E-state index in [1.807, 2.05) is 17.9 Å². The average molecular weight is 478 g/mol. The fraction of sp³-hybridized carbons (Fsp3) is 0.273. The number of aromatic amines is 1. The molecule has 33 heavy (non-hydrogen) atoms. The standard InChI is InChI=1S/C22H22ClF2N5O3/c1-12-8-18(29-28-12)16-9-13(2-7-19(16)30-10-17(26)20(31)11-30)21(32)27-14-3-5-15(6-4-14)33-22(23,24)25/h2-9,17,20,31H,10-11,26H2,1H3,(H,27,32)(H,28,29). The molecular formula is C22H22ClF2N5O3. The van der Waals surface area contributed by atoms with Crippen molar-refractivity contribution in [3.63, 3.8) is 0 Å². The summed E-state index contributed by atoms with van der Waals surface area (Å²) in [6.45, 7) is 2.72. The van der Waals surface area contributed by atoms with Crippen LogP contribution in [-0.2, 0) is 0 Å². The van der Waals surface area contributed by atoms with Gasteiger partial charge >= 0.3 is 5.57 Å². The van der Waals surface area contributed by atoms with Crippen molar-refractivity contribution in [1.29, 1.82) is 0 Å². The van der Waals surface area contributed by atoms with Crippen molar-refractivity contribution >= 4 is 28.9 Å². The van der Waals surface area contributed by atoms with Gasteiger partial charge in [-0.2, -0.15) is 5.10 Å². The van der Waals surface area contributed by atoms with Crippen LogP contribution in [0.25, 0.3) is 11.3 Å². The zero-order valence-electron chi connectivity index (χ0n) is 17.6. The molecule has 1 aliphatic heterocycles. The van der Waals surface area contributed by atoms with Crippen LogP contribution >= 0.6 is 11.6 Å². The van der Waals surface area contributed by atoms with Crippen molar-refractivity contribution in [3.05, 3.63) is 59.8 Å². The zero-order valence-corrected chi connectivity index (χ0v) is 18.3. The number of carbonyl (C=O) groups is 1. The van der Waals surface area contributed by atoms with Crippen molar-refractivity contribution in [1.82, 2.24) is 10.2 Å². The number of amides is 1. The molecule has 3 aromatic rings. The molecular weight excluding hydrogens is 456 g/mol. The average Bonchev–Trinajstić information content (AvgIpc) is 3.33. The van der Waals surface area contributed by atoms with Gasteiger partial charge < -0.3 is 25.8 Å². The summed E-state index contributed by atoms with van der Waals surface area (Å²) in [5.41, 5.74) is 5.92. The number of alkyl halides is 3. The predicted octanol–water partition coefficient (Wildman–Crippen LogP) is 3.31. The van der Waals surface area contributed by atoms with E-state index >= 15 is 0 Å². The molecule has 1 fully saturated rings. The van der Waals surface area contributed by atoms with Crippen LogP contribution in [0.15, 0.2) is 48.5 Å². The maximum Gasteiger partial charge on any atom is 0.487 e. The van der Waals surface area contributed by atoms with Crippen LogP contribution < -0.4 is 20.7 Å². The molecule has 1 saturated heterocycles. The van der Waals surface area contributed by atoms with E-state index in [-0.39, 0.29) is 11.8 Å². The van der Waals surface area contributed by atoms with Gasteiger partial charge in [0.05, 0.1) is 11.8 Å². The number of aliphatic hydroxyl groups excluding tert-OH is 1. The fourth-order valence-electron chi connectivity index (χ4n) is 3.67. The van der Waals surface area contributed by atoms with Crippen LogP contribution in [0.5, 0.6) is 5.75 Å².